The Labute approximate surface area is 79.7 Å². The number of hydrogen-bond donors (Lipinski definition) is 1. The molecular weight excluding hydrogens is 166 g/mol. The van der Waals surface area contributed by atoms with Crippen LogP contribution in [0.3, 0.4) is 0 Å². The molecule has 1 aliphatic rings. The lowest BCUT2D eigenvalue weighted by Gasteiger charge is -2.32. The Balaban J connectivity index is 2.56. The second kappa shape index (κ2) is 3.29. The fourth-order valence-electron chi connectivity index (χ4n) is 1.62. The third kappa shape index (κ3) is 2.02. The number of hydrogen-bond acceptors (Lipinski definition) is 2. The summed E-state index contributed by atoms with van der Waals surface area (Å²) in [4.78, 5) is 12.7. The summed E-state index contributed by atoms with van der Waals surface area (Å²) in [7, 11) is 1.90. The van der Waals surface area contributed by atoms with Crippen molar-refractivity contribution < 1.29 is 9.90 Å². The fraction of sp³-hybridized carbons (Fsp3) is 0.900. The molecule has 0 aromatic heterocycles. The van der Waals surface area contributed by atoms with Gasteiger partial charge in [-0.05, 0) is 39.2 Å². The van der Waals surface area contributed by atoms with E-state index in [1.54, 1.807) is 6.92 Å². The highest BCUT2D eigenvalue weighted by Crippen LogP contribution is 2.49. The summed E-state index contributed by atoms with van der Waals surface area (Å²) < 4.78 is 0. The number of carbonyl (C=O) groups is 1. The van der Waals surface area contributed by atoms with E-state index in [1.165, 1.54) is 12.8 Å². The quantitative estimate of drug-likeness (QED) is 0.723. The summed E-state index contributed by atoms with van der Waals surface area (Å²) in [6.07, 6.45) is 2.45. The Bertz CT molecular complexity index is 211. The van der Waals surface area contributed by atoms with Crippen LogP contribution < -0.4 is 0 Å². The van der Waals surface area contributed by atoms with Gasteiger partial charge in [-0.2, -0.15) is 0 Å². The molecule has 1 fully saturated rings. The van der Waals surface area contributed by atoms with E-state index < -0.39 is 5.97 Å². The molecule has 0 aromatic rings. The van der Waals surface area contributed by atoms with Crippen LogP contribution in [0.5, 0.6) is 0 Å². The van der Waals surface area contributed by atoms with E-state index >= 15 is 0 Å². The van der Waals surface area contributed by atoms with E-state index in [4.69, 9.17) is 5.11 Å². The minimum absolute atomic E-state index is 0.360. The zero-order chi connectivity index (χ0) is 10.2. The van der Waals surface area contributed by atoms with E-state index in [1.807, 2.05) is 11.9 Å². The van der Waals surface area contributed by atoms with E-state index in [-0.39, 0.29) is 6.04 Å². The number of carboxylic acids is 1. The standard InChI is InChI=1S/C10H19NO2/c1-7(9(12)13)11(4)8(2)10(3)5-6-10/h7-8H,5-6H2,1-4H3,(H,12,13). The van der Waals surface area contributed by atoms with E-state index in [0.29, 0.717) is 11.5 Å². The molecule has 1 saturated carbocycles. The third-order valence-corrected chi connectivity index (χ3v) is 3.63. The van der Waals surface area contributed by atoms with Gasteiger partial charge < -0.3 is 5.11 Å². The van der Waals surface area contributed by atoms with Crippen LogP contribution in [0, 0.1) is 5.41 Å². The van der Waals surface area contributed by atoms with Crippen molar-refractivity contribution in [3.63, 3.8) is 0 Å². The molecule has 0 bridgehead atoms. The van der Waals surface area contributed by atoms with Crippen molar-refractivity contribution in [1.29, 1.82) is 0 Å². The SMILES string of the molecule is CC(C(=O)O)N(C)C(C)C1(C)CC1. The van der Waals surface area contributed by atoms with E-state index in [0.717, 1.165) is 0 Å². The number of aliphatic carboxylic acids is 1. The normalized spacial score (nSPS) is 24.1. The maximum absolute atomic E-state index is 10.8. The number of nitrogens with zero attached hydrogens (tertiary/aromatic N) is 1. The van der Waals surface area contributed by atoms with Crippen molar-refractivity contribution >= 4 is 5.97 Å². The Morgan fingerprint density at radius 1 is 1.46 bits per heavy atom. The Kier molecular flexibility index (Phi) is 2.66. The van der Waals surface area contributed by atoms with Gasteiger partial charge in [-0.1, -0.05) is 6.92 Å². The molecule has 0 heterocycles. The predicted octanol–water partition coefficient (Wildman–Crippen LogP) is 1.58. The van der Waals surface area contributed by atoms with Crippen LogP contribution >= 0.6 is 0 Å². The monoisotopic (exact) mass is 185 g/mol. The van der Waals surface area contributed by atoms with Crippen LogP contribution in [0.25, 0.3) is 0 Å². The average molecular weight is 185 g/mol. The molecule has 13 heavy (non-hydrogen) atoms. The predicted molar refractivity (Wildman–Crippen MR) is 51.7 cm³/mol. The molecule has 0 amide bonds. The molecule has 1 aliphatic carbocycles. The summed E-state index contributed by atoms with van der Waals surface area (Å²) in [6.45, 7) is 6.08. The highest BCUT2D eigenvalue weighted by molar-refractivity contribution is 5.72. The Hall–Kier alpha value is -0.570. The van der Waals surface area contributed by atoms with E-state index in [2.05, 4.69) is 13.8 Å². The van der Waals surface area contributed by atoms with Gasteiger partial charge in [0.05, 0.1) is 0 Å². The zero-order valence-electron chi connectivity index (χ0n) is 8.87. The van der Waals surface area contributed by atoms with Gasteiger partial charge >= 0.3 is 5.97 Å². The number of carboxylic acid groups (broad SMARTS) is 1. The summed E-state index contributed by atoms with van der Waals surface area (Å²) in [6, 6.07) is -0.0222. The minimum Gasteiger partial charge on any atom is -0.480 e. The average Bonchev–Trinajstić information content (AvgIpc) is 2.80. The highest BCUT2D eigenvalue weighted by Gasteiger charge is 2.45. The van der Waals surface area contributed by atoms with Gasteiger partial charge in [0, 0.05) is 6.04 Å². The van der Waals surface area contributed by atoms with Gasteiger partial charge in [0.25, 0.3) is 0 Å². The maximum atomic E-state index is 10.8. The first-order chi connectivity index (χ1) is 5.88. The largest absolute Gasteiger partial charge is 0.480 e. The van der Waals surface area contributed by atoms with Crippen LogP contribution in [-0.4, -0.2) is 35.1 Å². The summed E-state index contributed by atoms with van der Waals surface area (Å²) in [5.41, 5.74) is 0.360. The molecule has 1 rings (SSSR count). The summed E-state index contributed by atoms with van der Waals surface area (Å²) in [5.74, 6) is -0.737. The van der Waals surface area contributed by atoms with Gasteiger partial charge in [-0.25, -0.2) is 0 Å². The van der Waals surface area contributed by atoms with Gasteiger partial charge in [0.2, 0.25) is 0 Å². The molecule has 3 nitrogen and oxygen atoms in total. The van der Waals surface area contributed by atoms with Crippen molar-refractivity contribution in [2.45, 2.75) is 45.7 Å². The van der Waals surface area contributed by atoms with Gasteiger partial charge in [-0.3, -0.25) is 9.69 Å². The van der Waals surface area contributed by atoms with Crippen LogP contribution in [0.15, 0.2) is 0 Å². The number of rotatable bonds is 4. The minimum atomic E-state index is -0.737. The molecule has 3 heteroatoms. The Morgan fingerprint density at radius 2 is 1.92 bits per heavy atom. The van der Waals surface area contributed by atoms with Crippen molar-refractivity contribution in [1.82, 2.24) is 4.90 Å². The molecule has 0 spiro atoms. The topological polar surface area (TPSA) is 40.5 Å². The summed E-state index contributed by atoms with van der Waals surface area (Å²) in [5, 5.41) is 8.85. The van der Waals surface area contributed by atoms with Crippen molar-refractivity contribution in [3.8, 4) is 0 Å². The fourth-order valence-corrected chi connectivity index (χ4v) is 1.62. The number of likely N-dealkylation sites (N-methyl/N-ethyl adjacent to an activating group) is 1. The zero-order valence-corrected chi connectivity index (χ0v) is 8.87. The van der Waals surface area contributed by atoms with Crippen LogP contribution in [0.1, 0.15) is 33.6 Å². The summed E-state index contributed by atoms with van der Waals surface area (Å²) >= 11 is 0. The van der Waals surface area contributed by atoms with Crippen molar-refractivity contribution in [2.24, 2.45) is 5.41 Å². The second-order valence-electron chi connectivity index (χ2n) is 4.51. The maximum Gasteiger partial charge on any atom is 0.320 e. The first-order valence-corrected chi connectivity index (χ1v) is 4.83. The molecule has 2 atom stereocenters. The lowest BCUT2D eigenvalue weighted by Crippen LogP contribution is -2.45. The molecule has 1 N–H and O–H groups in total. The lowest BCUT2D eigenvalue weighted by molar-refractivity contribution is -0.143. The van der Waals surface area contributed by atoms with Crippen LogP contribution in [0.4, 0.5) is 0 Å². The van der Waals surface area contributed by atoms with Crippen LogP contribution in [0.2, 0.25) is 0 Å². The molecule has 0 aromatic carbocycles. The van der Waals surface area contributed by atoms with E-state index in [9.17, 15) is 4.79 Å². The van der Waals surface area contributed by atoms with Crippen LogP contribution in [-0.2, 0) is 4.79 Å². The third-order valence-electron chi connectivity index (χ3n) is 3.63. The molecule has 2 unspecified atom stereocenters. The van der Waals surface area contributed by atoms with Gasteiger partial charge in [-0.15, -0.1) is 0 Å². The first-order valence-electron chi connectivity index (χ1n) is 4.83. The molecule has 76 valence electrons. The Morgan fingerprint density at radius 3 is 2.23 bits per heavy atom. The lowest BCUT2D eigenvalue weighted by atomic mass is 9.98. The van der Waals surface area contributed by atoms with Crippen molar-refractivity contribution in [2.75, 3.05) is 7.05 Å². The smallest absolute Gasteiger partial charge is 0.320 e. The second-order valence-corrected chi connectivity index (χ2v) is 4.51. The van der Waals surface area contributed by atoms with Gasteiger partial charge in [0.15, 0.2) is 0 Å². The first kappa shape index (κ1) is 10.5. The molecule has 0 aliphatic heterocycles. The highest BCUT2D eigenvalue weighted by atomic mass is 16.4. The van der Waals surface area contributed by atoms with Gasteiger partial charge in [0.1, 0.15) is 6.04 Å². The molecule has 0 saturated heterocycles. The molecule has 0 radical (unpaired) electrons. The molecular formula is C10H19NO2. The van der Waals surface area contributed by atoms with Crippen molar-refractivity contribution in [3.05, 3.63) is 0 Å².